The Bertz CT molecular complexity index is 567. The molecule has 3 aromatic rings. The second-order valence-corrected chi connectivity index (χ2v) is 4.34. The van der Waals surface area contributed by atoms with Crippen molar-refractivity contribution in [2.24, 2.45) is 0 Å². The van der Waals surface area contributed by atoms with Crippen LogP contribution in [0.2, 0.25) is 0 Å². The van der Waals surface area contributed by atoms with E-state index in [1.54, 1.807) is 0 Å². The van der Waals surface area contributed by atoms with Gasteiger partial charge in [0.25, 0.3) is 0 Å². The molecule has 0 bridgehead atoms. The Morgan fingerprint density at radius 1 is 0.476 bits per heavy atom. The van der Waals surface area contributed by atoms with Gasteiger partial charge in [-0.25, -0.2) is 5.26 Å². The number of rotatable bonds is 3. The van der Waals surface area contributed by atoms with E-state index < -0.39 is 0 Å². The molecule has 0 amide bonds. The number of nitrogens with zero attached hydrogens (tertiary/aromatic N) is 2. The summed E-state index contributed by atoms with van der Waals surface area (Å²) in [4.78, 5) is 2.25. The molecule has 2 heteroatoms. The Labute approximate surface area is 125 Å². The zero-order valence-corrected chi connectivity index (χ0v) is 11.6. The maximum Gasteiger partial charge on any atom is 0.0462 e. The molecular weight excluding hydrogens is 256 g/mol. The average Bonchev–Trinajstić information content (AvgIpc) is 2.60. The second-order valence-electron chi connectivity index (χ2n) is 4.34. The molecule has 2 nitrogen and oxygen atoms in total. The molecular formula is C19H16N2. The van der Waals surface area contributed by atoms with Gasteiger partial charge in [0.2, 0.25) is 0 Å². The van der Waals surface area contributed by atoms with E-state index in [4.69, 9.17) is 5.26 Å². The molecule has 0 aliphatic heterocycles. The van der Waals surface area contributed by atoms with E-state index >= 15 is 0 Å². The minimum atomic E-state index is 1.17. The molecule has 21 heavy (non-hydrogen) atoms. The number of hydrogen-bond donors (Lipinski definition) is 0. The van der Waals surface area contributed by atoms with Crippen molar-refractivity contribution < 1.29 is 0 Å². The van der Waals surface area contributed by atoms with Crippen LogP contribution < -0.4 is 4.90 Å². The molecule has 0 fully saturated rings. The Hall–Kier alpha value is -3.05. The summed E-state index contributed by atoms with van der Waals surface area (Å²) in [5.41, 5.74) is 3.50. The first-order chi connectivity index (χ1) is 10.4. The fourth-order valence-corrected chi connectivity index (χ4v) is 2.18. The lowest BCUT2D eigenvalue weighted by Gasteiger charge is -2.25. The van der Waals surface area contributed by atoms with Crippen molar-refractivity contribution in [1.29, 1.82) is 5.26 Å². The van der Waals surface area contributed by atoms with Gasteiger partial charge in [-0.3, -0.25) is 0 Å². The van der Waals surface area contributed by atoms with Gasteiger partial charge in [-0.05, 0) is 36.4 Å². The molecule has 0 aromatic heterocycles. The minimum absolute atomic E-state index is 1.17. The van der Waals surface area contributed by atoms with E-state index in [9.17, 15) is 0 Å². The van der Waals surface area contributed by atoms with Crippen LogP contribution in [0.25, 0.3) is 0 Å². The van der Waals surface area contributed by atoms with E-state index in [2.05, 4.69) is 84.3 Å². The van der Waals surface area contributed by atoms with Crippen LogP contribution in [0, 0.1) is 11.8 Å². The average molecular weight is 272 g/mol. The molecule has 3 rings (SSSR count). The molecule has 0 saturated heterocycles. The van der Waals surface area contributed by atoms with Crippen LogP contribution in [0.1, 0.15) is 0 Å². The zero-order chi connectivity index (χ0) is 14.9. The smallest absolute Gasteiger partial charge is 0.0462 e. The summed E-state index contributed by atoms with van der Waals surface area (Å²) in [5.74, 6) is 0. The van der Waals surface area contributed by atoms with Crippen LogP contribution in [0.4, 0.5) is 17.1 Å². The van der Waals surface area contributed by atoms with Crippen molar-refractivity contribution in [2.45, 2.75) is 0 Å². The van der Waals surface area contributed by atoms with Crippen molar-refractivity contribution in [3.8, 4) is 6.57 Å². The van der Waals surface area contributed by atoms with Gasteiger partial charge >= 0.3 is 0 Å². The molecule has 0 radical (unpaired) electrons. The number of hydrogen-bond acceptors (Lipinski definition) is 2. The Balaban J connectivity index is 0.000000774. The third-order valence-corrected chi connectivity index (χ3v) is 3.04. The fourth-order valence-electron chi connectivity index (χ4n) is 2.18. The third kappa shape index (κ3) is 3.49. The lowest BCUT2D eigenvalue weighted by atomic mass is 10.2. The van der Waals surface area contributed by atoms with Crippen molar-refractivity contribution >= 4 is 17.1 Å². The lowest BCUT2D eigenvalue weighted by molar-refractivity contribution is 1.28. The largest absolute Gasteiger partial charge is 0.311 e. The highest BCUT2D eigenvalue weighted by Crippen LogP contribution is 2.33. The maximum atomic E-state index is 6.50. The topological polar surface area (TPSA) is 27.0 Å². The first kappa shape index (κ1) is 14.4. The monoisotopic (exact) mass is 272 g/mol. The standard InChI is InChI=1S/C18H15N.CHN/c1-4-10-16(11-5-1)19(17-12-6-2-7-13-17)18-14-8-3-9-15-18;1-2/h1-15H;1H. The summed E-state index contributed by atoms with van der Waals surface area (Å²) in [6.45, 7) is 3.50. The fraction of sp³-hybridized carbons (Fsp3) is 0. The lowest BCUT2D eigenvalue weighted by Crippen LogP contribution is -2.09. The van der Waals surface area contributed by atoms with Crippen LogP contribution >= 0.6 is 0 Å². The number of nitriles is 1. The van der Waals surface area contributed by atoms with Gasteiger partial charge in [-0.1, -0.05) is 54.6 Å². The summed E-state index contributed by atoms with van der Waals surface area (Å²) in [5, 5.41) is 6.50. The summed E-state index contributed by atoms with van der Waals surface area (Å²) in [7, 11) is 0. The van der Waals surface area contributed by atoms with Gasteiger partial charge in [-0.15, -0.1) is 0 Å². The van der Waals surface area contributed by atoms with Crippen LogP contribution in [0.3, 0.4) is 0 Å². The number of para-hydroxylation sites is 3. The Kier molecular flexibility index (Phi) is 5.14. The Morgan fingerprint density at radius 3 is 0.952 bits per heavy atom. The summed E-state index contributed by atoms with van der Waals surface area (Å²) >= 11 is 0. The van der Waals surface area contributed by atoms with Crippen molar-refractivity contribution in [2.75, 3.05) is 4.90 Å². The summed E-state index contributed by atoms with van der Waals surface area (Å²) in [6, 6.07) is 31.3. The van der Waals surface area contributed by atoms with Crippen molar-refractivity contribution in [3.05, 3.63) is 91.0 Å². The molecule has 0 unspecified atom stereocenters. The maximum absolute atomic E-state index is 6.50. The molecule has 0 atom stereocenters. The molecule has 0 N–H and O–H groups in total. The van der Waals surface area contributed by atoms with Crippen molar-refractivity contribution in [3.63, 3.8) is 0 Å². The minimum Gasteiger partial charge on any atom is -0.311 e. The van der Waals surface area contributed by atoms with Gasteiger partial charge in [0, 0.05) is 23.6 Å². The van der Waals surface area contributed by atoms with Crippen LogP contribution in [-0.2, 0) is 0 Å². The molecule has 102 valence electrons. The van der Waals surface area contributed by atoms with Gasteiger partial charge in [-0.2, -0.15) is 0 Å². The molecule has 0 saturated carbocycles. The van der Waals surface area contributed by atoms with Crippen LogP contribution in [-0.4, -0.2) is 0 Å². The second kappa shape index (κ2) is 7.52. The predicted molar refractivity (Wildman–Crippen MR) is 87.8 cm³/mol. The summed E-state index contributed by atoms with van der Waals surface area (Å²) in [6.07, 6.45) is 0. The molecule has 0 spiro atoms. The Morgan fingerprint density at radius 2 is 0.714 bits per heavy atom. The van der Waals surface area contributed by atoms with Gasteiger partial charge in [0.15, 0.2) is 0 Å². The number of anilines is 3. The molecule has 0 aliphatic carbocycles. The predicted octanol–water partition coefficient (Wildman–Crippen LogP) is 5.30. The van der Waals surface area contributed by atoms with E-state index in [0.29, 0.717) is 0 Å². The third-order valence-electron chi connectivity index (χ3n) is 3.04. The first-order valence-electron chi connectivity index (χ1n) is 6.66. The van der Waals surface area contributed by atoms with Crippen LogP contribution in [0.5, 0.6) is 0 Å². The van der Waals surface area contributed by atoms with Crippen molar-refractivity contribution in [1.82, 2.24) is 0 Å². The normalized spacial score (nSPS) is 9.24. The van der Waals surface area contributed by atoms with Gasteiger partial charge < -0.3 is 4.90 Å². The molecule has 0 aliphatic rings. The van der Waals surface area contributed by atoms with E-state index in [0.717, 1.165) is 0 Å². The highest BCUT2D eigenvalue weighted by atomic mass is 15.1. The highest BCUT2D eigenvalue weighted by Gasteiger charge is 2.10. The molecule has 3 aromatic carbocycles. The van der Waals surface area contributed by atoms with Gasteiger partial charge in [0.05, 0.1) is 0 Å². The first-order valence-corrected chi connectivity index (χ1v) is 6.66. The summed E-state index contributed by atoms with van der Waals surface area (Å²) < 4.78 is 0. The van der Waals surface area contributed by atoms with E-state index in [1.165, 1.54) is 17.1 Å². The van der Waals surface area contributed by atoms with E-state index in [-0.39, 0.29) is 0 Å². The number of benzene rings is 3. The quantitative estimate of drug-likeness (QED) is 0.647. The van der Waals surface area contributed by atoms with E-state index in [1.807, 2.05) is 18.2 Å². The SMILES string of the molecule is C#N.c1ccc(N(c2ccccc2)c2ccccc2)cc1. The van der Waals surface area contributed by atoms with Crippen LogP contribution in [0.15, 0.2) is 91.0 Å². The molecule has 0 heterocycles. The highest BCUT2D eigenvalue weighted by molar-refractivity contribution is 5.76. The zero-order valence-electron chi connectivity index (χ0n) is 11.6. The van der Waals surface area contributed by atoms with Gasteiger partial charge in [0.1, 0.15) is 0 Å².